The molecule has 1 aromatic heterocycles. The van der Waals surface area contributed by atoms with Crippen molar-refractivity contribution in [2.75, 3.05) is 25.4 Å². The van der Waals surface area contributed by atoms with Gasteiger partial charge in [-0.3, -0.25) is 47.4 Å². The van der Waals surface area contributed by atoms with Gasteiger partial charge in [0.1, 0.15) is 22.9 Å². The van der Waals surface area contributed by atoms with E-state index in [1.807, 2.05) is 0 Å². The second kappa shape index (κ2) is 20.6. The summed E-state index contributed by atoms with van der Waals surface area (Å²) < 4.78 is 14.6. The van der Waals surface area contributed by atoms with Crippen LogP contribution in [0.25, 0.3) is 10.9 Å². The summed E-state index contributed by atoms with van der Waals surface area (Å²) >= 11 is 0. The normalized spacial score (nSPS) is 29.0. The minimum absolute atomic E-state index is 0.0709. The van der Waals surface area contributed by atoms with Gasteiger partial charge < -0.3 is 57.5 Å². The van der Waals surface area contributed by atoms with E-state index in [2.05, 4.69) is 31.6 Å². The number of fused-ring (bicyclic) bond motifs is 5. The Balaban J connectivity index is 1.73. The summed E-state index contributed by atoms with van der Waals surface area (Å²) in [6.07, 6.45) is -4.87. The van der Waals surface area contributed by atoms with Crippen LogP contribution >= 0.6 is 0 Å². The zero-order chi connectivity index (χ0) is 46.4. The Bertz CT molecular complexity index is 2180. The molecule has 22 heteroatoms. The van der Waals surface area contributed by atoms with E-state index in [-0.39, 0.29) is 34.7 Å². The zero-order valence-electron chi connectivity index (χ0n) is 35.4. The molecular weight excluding hydrogens is 845 g/mol. The van der Waals surface area contributed by atoms with E-state index < -0.39 is 168 Å². The molecule has 1 fully saturated rings. The number of Topliss-reactive ketones (excluding diaryl/α,β-unsaturated/α-hetero) is 2. The number of carbonyl (C=O) groups is 9. The second-order valence-electron chi connectivity index (χ2n) is 16.8. The topological polar surface area (TPSA) is 337 Å². The third-order valence-electron chi connectivity index (χ3n) is 12.1. The van der Waals surface area contributed by atoms with Crippen LogP contribution in [0.3, 0.4) is 0 Å². The lowest BCUT2D eigenvalue weighted by atomic mass is 9.86. The third-order valence-corrected chi connectivity index (χ3v) is 13.5. The first-order chi connectivity index (χ1) is 29.7. The van der Waals surface area contributed by atoms with E-state index in [4.69, 9.17) is 5.73 Å². The van der Waals surface area contributed by atoms with Gasteiger partial charge in [0.2, 0.25) is 41.4 Å². The quantitative estimate of drug-likeness (QED) is 0.141. The molecule has 1 unspecified atom stereocenters. The summed E-state index contributed by atoms with van der Waals surface area (Å²) in [5.74, 6) is -13.1. The number of nitrogens with zero attached hydrogens (tertiary/aromatic N) is 1. The number of benzene rings is 1. The number of phenolic OH excluding ortho intramolecular Hbond substituents is 1. The number of phenols is 1. The monoisotopic (exact) mass is 900 g/mol. The van der Waals surface area contributed by atoms with Crippen molar-refractivity contribution in [3.63, 3.8) is 0 Å². The van der Waals surface area contributed by atoms with E-state index in [9.17, 15) is 62.7 Å². The highest BCUT2D eigenvalue weighted by molar-refractivity contribution is 7.85. The maximum Gasteiger partial charge on any atom is 0.243 e. The van der Waals surface area contributed by atoms with Gasteiger partial charge in [0.05, 0.1) is 65.4 Å². The predicted molar refractivity (Wildman–Crippen MR) is 223 cm³/mol. The van der Waals surface area contributed by atoms with E-state index in [1.54, 1.807) is 13.8 Å². The Morgan fingerprint density at radius 2 is 1.56 bits per heavy atom. The number of carbonyl (C=O) groups excluding carboxylic acids is 9. The summed E-state index contributed by atoms with van der Waals surface area (Å²) in [5.41, 5.74) is 5.97. The van der Waals surface area contributed by atoms with Crippen molar-refractivity contribution in [2.24, 2.45) is 29.4 Å². The largest absolute Gasteiger partial charge is 0.508 e. The van der Waals surface area contributed by atoms with Crippen molar-refractivity contribution in [3.8, 4) is 5.75 Å². The van der Waals surface area contributed by atoms with Crippen LogP contribution in [0.1, 0.15) is 65.4 Å². The molecule has 2 bridgehead atoms. The molecule has 0 spiro atoms. The lowest BCUT2D eigenvalue weighted by molar-refractivity contribution is -0.145. The smallest absolute Gasteiger partial charge is 0.243 e. The van der Waals surface area contributed by atoms with Gasteiger partial charge in [0.25, 0.3) is 0 Å². The lowest BCUT2D eigenvalue weighted by Crippen LogP contribution is -2.56. The SMILES string of the molecule is CC[C@H](C)[C@@H]1NC(=O)CNC(=O)[C@H]2CC(=O)[C@H]([C@@H](C)[C@H](C)O)NC(=O)[C@@H]3C[C@@H](O)CN3C(=O)[C@H](CC(N)=O)CC(=O)[C@H](CS(=O)c3[nH]c4cc(O)ccc4c3C2)NC(=O)CNC1=O. The molecule has 2 aromatic rings. The van der Waals surface area contributed by atoms with Crippen LogP contribution in [-0.2, 0) is 60.4 Å². The fourth-order valence-corrected chi connectivity index (χ4v) is 9.58. The van der Waals surface area contributed by atoms with Gasteiger partial charge in [0, 0.05) is 55.5 Å². The zero-order valence-corrected chi connectivity index (χ0v) is 36.3. The first-order valence-corrected chi connectivity index (χ1v) is 22.2. The van der Waals surface area contributed by atoms with Crippen LogP contribution in [0.5, 0.6) is 5.75 Å². The molecule has 3 aliphatic heterocycles. The Hall–Kier alpha value is -5.74. The number of primary amides is 1. The average molecular weight is 901 g/mol. The number of hydrogen-bond acceptors (Lipinski definition) is 13. The van der Waals surface area contributed by atoms with Crippen LogP contribution in [0, 0.1) is 23.7 Å². The predicted octanol–water partition coefficient (Wildman–Crippen LogP) is -2.71. The number of amides is 7. The lowest BCUT2D eigenvalue weighted by Gasteiger charge is -2.32. The molecule has 0 aliphatic carbocycles. The van der Waals surface area contributed by atoms with E-state index in [0.29, 0.717) is 11.8 Å². The molecule has 7 amide bonds. The van der Waals surface area contributed by atoms with Gasteiger partial charge in [0.15, 0.2) is 11.6 Å². The molecule has 1 aromatic carbocycles. The average Bonchev–Trinajstić information content (AvgIpc) is 3.80. The van der Waals surface area contributed by atoms with Gasteiger partial charge in [-0.15, -0.1) is 0 Å². The third kappa shape index (κ3) is 11.6. The highest BCUT2D eigenvalue weighted by Gasteiger charge is 2.45. The summed E-state index contributed by atoms with van der Waals surface area (Å²) in [6.45, 7) is 4.49. The molecule has 4 heterocycles. The number of aromatic nitrogens is 1. The molecule has 1 saturated heterocycles. The van der Waals surface area contributed by atoms with Gasteiger partial charge >= 0.3 is 0 Å². The van der Waals surface area contributed by atoms with Crippen molar-refractivity contribution >= 4 is 74.6 Å². The highest BCUT2D eigenvalue weighted by Crippen LogP contribution is 2.32. The number of ketones is 2. The fourth-order valence-electron chi connectivity index (χ4n) is 8.15. The Morgan fingerprint density at radius 1 is 0.889 bits per heavy atom. The van der Waals surface area contributed by atoms with Gasteiger partial charge in [-0.05, 0) is 37.0 Å². The Labute approximate surface area is 364 Å². The molecule has 11 N–H and O–H groups in total. The number of aromatic hydroxyl groups is 1. The van der Waals surface area contributed by atoms with Crippen molar-refractivity contribution < 1.29 is 62.7 Å². The minimum atomic E-state index is -2.28. The number of nitrogens with one attached hydrogen (secondary N) is 6. The summed E-state index contributed by atoms with van der Waals surface area (Å²) in [6, 6.07) is -1.67. The van der Waals surface area contributed by atoms with Gasteiger partial charge in [-0.25, -0.2) is 0 Å². The van der Waals surface area contributed by atoms with Crippen molar-refractivity contribution in [2.45, 2.75) is 108 Å². The summed E-state index contributed by atoms with van der Waals surface area (Å²) in [4.78, 5) is 128. The number of hydrogen-bond donors (Lipinski definition) is 10. The van der Waals surface area contributed by atoms with Crippen molar-refractivity contribution in [1.29, 1.82) is 0 Å². The molecule has 5 rings (SSSR count). The molecule has 344 valence electrons. The van der Waals surface area contributed by atoms with Crippen LogP contribution in [0.2, 0.25) is 0 Å². The van der Waals surface area contributed by atoms with Crippen LogP contribution in [0.4, 0.5) is 0 Å². The minimum Gasteiger partial charge on any atom is -0.508 e. The van der Waals surface area contributed by atoms with Gasteiger partial charge in [-0.2, -0.15) is 0 Å². The first kappa shape index (κ1) is 48.3. The maximum atomic E-state index is 14.6. The fraction of sp³-hybridized carbons (Fsp3) is 0.585. The molecule has 21 nitrogen and oxygen atoms in total. The summed E-state index contributed by atoms with van der Waals surface area (Å²) in [7, 11) is -2.28. The van der Waals surface area contributed by atoms with Crippen LogP contribution < -0.4 is 32.3 Å². The standard InChI is InChI=1S/C41H56N8O13S/c1-5-18(2)35-39(60)44-14-33(56)45-28-17-63(62)40-26(25-7-6-23(51)12-27(25)46-40)8-21(37(58)43-15-34(57)47-35)9-31(54)36(19(3)20(4)50)48-38(59)29-13-24(52)16-49(29)41(61)22(10-30(28)53)11-32(42)55/h6-7,12,18-22,24,28-29,35-36,46,50-52H,5,8-11,13-17H2,1-4H3,(H2,42,55)(H,43,58)(H,44,60)(H,45,56)(H,47,57)(H,48,59)/t18-,19-,20-,21+,22-,24+,28-,29-,35-,36-,63?/m0/s1. The maximum absolute atomic E-state index is 14.6. The number of aliphatic hydroxyl groups excluding tert-OH is 2. The van der Waals surface area contributed by atoms with Gasteiger partial charge in [-0.1, -0.05) is 27.2 Å². The molecule has 0 saturated carbocycles. The molecule has 0 radical (unpaired) electrons. The molecule has 63 heavy (non-hydrogen) atoms. The second-order valence-corrected chi connectivity index (χ2v) is 18.2. The number of aliphatic hydroxyl groups is 2. The van der Waals surface area contributed by atoms with Crippen molar-refractivity contribution in [1.82, 2.24) is 36.5 Å². The number of H-pyrrole nitrogens is 1. The Kier molecular flexibility index (Phi) is 15.8. The molecule has 3 aliphatic rings. The van der Waals surface area contributed by atoms with E-state index in [0.717, 1.165) is 4.90 Å². The van der Waals surface area contributed by atoms with Crippen molar-refractivity contribution in [3.05, 3.63) is 23.8 Å². The van der Waals surface area contributed by atoms with Crippen LogP contribution in [0.15, 0.2) is 23.2 Å². The molecule has 11 atom stereocenters. The number of aromatic amines is 1. The van der Waals surface area contributed by atoms with Crippen LogP contribution in [-0.4, -0.2) is 144 Å². The van der Waals surface area contributed by atoms with E-state index >= 15 is 0 Å². The summed E-state index contributed by atoms with van der Waals surface area (Å²) in [5, 5.41) is 44.7. The molecular formula is C41H56N8O13S. The first-order valence-electron chi connectivity index (χ1n) is 20.9. The highest BCUT2D eigenvalue weighted by atomic mass is 32.2. The number of nitrogens with two attached hydrogens (primary N) is 1. The Morgan fingerprint density at radius 3 is 2.21 bits per heavy atom. The number of rotatable bonds is 6. The van der Waals surface area contributed by atoms with E-state index in [1.165, 1.54) is 32.0 Å².